The monoisotopic (exact) mass is 356 g/mol. The Kier molecular flexibility index (Phi) is 9.90. The summed E-state index contributed by atoms with van der Waals surface area (Å²) < 4.78 is 0. The Morgan fingerprint density at radius 1 is 0.692 bits per heavy atom. The maximum Gasteiger partial charge on any atom is -0.00247 e. The third-order valence-electron chi connectivity index (χ3n) is 4.85. The third-order valence-corrected chi connectivity index (χ3v) is 4.85. The van der Waals surface area contributed by atoms with Gasteiger partial charge in [0.05, 0.1) is 0 Å². The lowest BCUT2D eigenvalue weighted by Gasteiger charge is -2.18. The van der Waals surface area contributed by atoms with Crippen molar-refractivity contribution in [3.05, 3.63) is 47.5 Å². The number of nitrogens with zero attached hydrogens (tertiary/aromatic N) is 2. The molecule has 0 aromatic heterocycles. The lowest BCUT2D eigenvalue weighted by Crippen LogP contribution is -2.13. The predicted molar refractivity (Wildman–Crippen MR) is 119 cm³/mol. The van der Waals surface area contributed by atoms with Crippen molar-refractivity contribution in [1.82, 2.24) is 9.80 Å². The Balaban J connectivity index is 2.95. The second kappa shape index (κ2) is 11.4. The minimum atomic E-state index is 1.12. The second-order valence-corrected chi connectivity index (χ2v) is 8.25. The minimum Gasteiger partial charge on any atom is -0.309 e. The van der Waals surface area contributed by atoms with Gasteiger partial charge in [-0.1, -0.05) is 36.4 Å². The van der Waals surface area contributed by atoms with Crippen LogP contribution in [0.15, 0.2) is 25.3 Å². The van der Waals surface area contributed by atoms with Gasteiger partial charge in [0.1, 0.15) is 0 Å². The molecule has 1 aromatic rings. The first-order valence-electron chi connectivity index (χ1n) is 9.99. The van der Waals surface area contributed by atoms with Crippen molar-refractivity contribution in [1.29, 1.82) is 0 Å². The average Bonchev–Trinajstić information content (AvgIpc) is 2.54. The summed E-state index contributed by atoms with van der Waals surface area (Å²) in [5, 5.41) is 0. The van der Waals surface area contributed by atoms with Crippen LogP contribution in [0.2, 0.25) is 0 Å². The molecule has 0 aliphatic rings. The van der Waals surface area contributed by atoms with Gasteiger partial charge in [0.2, 0.25) is 0 Å². The van der Waals surface area contributed by atoms with Gasteiger partial charge < -0.3 is 9.80 Å². The van der Waals surface area contributed by atoms with Crippen LogP contribution in [0.25, 0.3) is 11.1 Å². The molecule has 146 valence electrons. The van der Waals surface area contributed by atoms with Gasteiger partial charge in [-0.05, 0) is 116 Å². The van der Waals surface area contributed by atoms with E-state index < -0.39 is 0 Å². The minimum absolute atomic E-state index is 1.12. The molecule has 26 heavy (non-hydrogen) atoms. The van der Waals surface area contributed by atoms with Gasteiger partial charge in [-0.25, -0.2) is 0 Å². The summed E-state index contributed by atoms with van der Waals surface area (Å²) in [7, 11) is 8.57. The van der Waals surface area contributed by atoms with Gasteiger partial charge in [0.25, 0.3) is 0 Å². The highest BCUT2D eigenvalue weighted by Gasteiger charge is 2.11. The van der Waals surface area contributed by atoms with Crippen molar-refractivity contribution >= 4 is 11.1 Å². The van der Waals surface area contributed by atoms with E-state index in [9.17, 15) is 0 Å². The summed E-state index contributed by atoms with van der Waals surface area (Å²) in [6.07, 6.45) is 7.15. The smallest absolute Gasteiger partial charge is 0.00247 e. The van der Waals surface area contributed by atoms with Crippen LogP contribution in [0.4, 0.5) is 0 Å². The summed E-state index contributed by atoms with van der Waals surface area (Å²) in [5.41, 5.74) is 7.92. The van der Waals surface area contributed by atoms with E-state index in [1.807, 2.05) is 0 Å². The molecule has 0 aliphatic carbocycles. The van der Waals surface area contributed by atoms with Crippen LogP contribution in [0.1, 0.15) is 61.8 Å². The zero-order valence-corrected chi connectivity index (χ0v) is 18.1. The summed E-state index contributed by atoms with van der Waals surface area (Å²) in [5.74, 6) is 0. The Labute approximate surface area is 162 Å². The highest BCUT2D eigenvalue weighted by atomic mass is 15.0. The number of hydrogen-bond acceptors (Lipinski definition) is 2. The summed E-state index contributed by atoms with van der Waals surface area (Å²) in [4.78, 5) is 4.52. The standard InChI is InChI=1S/C24H40N2/c1-19(2)23-17-22(14-10-12-16-26(7)8)24(20(3)4)18-21(23)13-9-11-15-25(5)6/h17-18H,1,3,9-16H2,2,4-8H3. The molecule has 0 bridgehead atoms. The number of aryl methyl sites for hydroxylation is 2. The highest BCUT2D eigenvalue weighted by molar-refractivity contribution is 5.72. The van der Waals surface area contributed by atoms with Crippen molar-refractivity contribution in [2.45, 2.75) is 52.4 Å². The van der Waals surface area contributed by atoms with Gasteiger partial charge in [0, 0.05) is 0 Å². The molecule has 0 N–H and O–H groups in total. The fourth-order valence-corrected chi connectivity index (χ4v) is 3.38. The number of rotatable bonds is 12. The van der Waals surface area contributed by atoms with E-state index in [0.717, 1.165) is 25.9 Å². The molecule has 0 heterocycles. The molecule has 0 spiro atoms. The Hall–Kier alpha value is -1.38. The predicted octanol–water partition coefficient (Wildman–Crippen LogP) is 5.52. The van der Waals surface area contributed by atoms with Crippen LogP contribution in [-0.2, 0) is 12.8 Å². The number of allylic oxidation sites excluding steroid dienone is 2. The van der Waals surface area contributed by atoms with E-state index in [1.165, 1.54) is 59.1 Å². The quantitative estimate of drug-likeness (QED) is 0.455. The van der Waals surface area contributed by atoms with E-state index in [-0.39, 0.29) is 0 Å². The van der Waals surface area contributed by atoms with Gasteiger partial charge in [-0.15, -0.1) is 0 Å². The molecule has 0 amide bonds. The van der Waals surface area contributed by atoms with Crippen LogP contribution in [-0.4, -0.2) is 51.1 Å². The molecular weight excluding hydrogens is 316 g/mol. The zero-order chi connectivity index (χ0) is 19.7. The Bertz CT molecular complexity index is 543. The van der Waals surface area contributed by atoms with E-state index in [4.69, 9.17) is 0 Å². The molecule has 0 atom stereocenters. The molecule has 2 nitrogen and oxygen atoms in total. The van der Waals surface area contributed by atoms with E-state index in [1.54, 1.807) is 0 Å². The first kappa shape index (κ1) is 22.7. The fourth-order valence-electron chi connectivity index (χ4n) is 3.38. The lowest BCUT2D eigenvalue weighted by atomic mass is 9.88. The van der Waals surface area contributed by atoms with Gasteiger partial charge in [0.15, 0.2) is 0 Å². The van der Waals surface area contributed by atoms with Crippen molar-refractivity contribution < 1.29 is 0 Å². The van der Waals surface area contributed by atoms with Gasteiger partial charge in [-0.2, -0.15) is 0 Å². The fraction of sp³-hybridized carbons (Fsp3) is 0.583. The average molecular weight is 357 g/mol. The number of unbranched alkanes of at least 4 members (excludes halogenated alkanes) is 2. The summed E-state index contributed by atoms with van der Waals surface area (Å²) in [6, 6.07) is 4.78. The van der Waals surface area contributed by atoms with Crippen LogP contribution in [0.3, 0.4) is 0 Å². The van der Waals surface area contributed by atoms with Gasteiger partial charge in [-0.3, -0.25) is 0 Å². The Morgan fingerprint density at radius 3 is 1.31 bits per heavy atom. The number of benzene rings is 1. The summed E-state index contributed by atoms with van der Waals surface area (Å²) in [6.45, 7) is 15.1. The normalized spacial score (nSPS) is 11.4. The van der Waals surface area contributed by atoms with Crippen molar-refractivity contribution in [2.24, 2.45) is 0 Å². The van der Waals surface area contributed by atoms with Crippen LogP contribution in [0, 0.1) is 0 Å². The molecule has 0 aliphatic heterocycles. The largest absolute Gasteiger partial charge is 0.309 e. The van der Waals surface area contributed by atoms with Crippen molar-refractivity contribution in [3.8, 4) is 0 Å². The SMILES string of the molecule is C=C(C)c1cc(CCCCN(C)C)c(C(=C)C)cc1CCCCN(C)C. The molecule has 0 saturated carbocycles. The highest BCUT2D eigenvalue weighted by Crippen LogP contribution is 2.28. The van der Waals surface area contributed by atoms with Crippen LogP contribution < -0.4 is 0 Å². The van der Waals surface area contributed by atoms with E-state index in [0.29, 0.717) is 0 Å². The molecule has 0 radical (unpaired) electrons. The topological polar surface area (TPSA) is 6.48 Å². The van der Waals surface area contributed by atoms with Gasteiger partial charge >= 0.3 is 0 Å². The first-order valence-corrected chi connectivity index (χ1v) is 9.99. The molecular formula is C24H40N2. The molecule has 0 fully saturated rings. The van der Waals surface area contributed by atoms with Crippen LogP contribution >= 0.6 is 0 Å². The number of hydrogen-bond donors (Lipinski definition) is 0. The van der Waals surface area contributed by atoms with Crippen LogP contribution in [0.5, 0.6) is 0 Å². The second-order valence-electron chi connectivity index (χ2n) is 8.25. The van der Waals surface area contributed by atoms with Crippen molar-refractivity contribution in [2.75, 3.05) is 41.3 Å². The van der Waals surface area contributed by atoms with E-state index >= 15 is 0 Å². The first-order chi connectivity index (χ1) is 12.2. The zero-order valence-electron chi connectivity index (χ0n) is 18.1. The third kappa shape index (κ3) is 7.88. The molecule has 1 rings (SSSR count). The van der Waals surface area contributed by atoms with Crippen molar-refractivity contribution in [3.63, 3.8) is 0 Å². The molecule has 0 saturated heterocycles. The maximum atomic E-state index is 4.24. The molecule has 1 aromatic carbocycles. The maximum absolute atomic E-state index is 4.24. The molecule has 0 unspecified atom stereocenters. The lowest BCUT2D eigenvalue weighted by molar-refractivity contribution is 0.394. The summed E-state index contributed by atoms with van der Waals surface area (Å²) >= 11 is 0. The Morgan fingerprint density at radius 2 is 1.04 bits per heavy atom. The molecule has 2 heteroatoms. The van der Waals surface area contributed by atoms with E-state index in [2.05, 4.69) is 77.1 Å².